The van der Waals surface area contributed by atoms with Gasteiger partial charge < -0.3 is 9.53 Å². The highest BCUT2D eigenvalue weighted by Gasteiger charge is 2.23. The van der Waals surface area contributed by atoms with Crippen LogP contribution in [0.3, 0.4) is 0 Å². The highest BCUT2D eigenvalue weighted by molar-refractivity contribution is 6.71. The lowest BCUT2D eigenvalue weighted by molar-refractivity contribution is -0.131. The molecule has 0 spiro atoms. The van der Waals surface area contributed by atoms with Gasteiger partial charge in [-0.3, -0.25) is 0 Å². The molecule has 70 valence electrons. The quantitative estimate of drug-likeness (QED) is 0.536. The molecule has 0 fully saturated rings. The Kier molecular flexibility index (Phi) is 3.67. The molecule has 0 aromatic rings. The first-order valence-corrected chi connectivity index (χ1v) is 7.25. The van der Waals surface area contributed by atoms with Gasteiger partial charge in [-0.15, -0.1) is 0 Å². The third-order valence-corrected chi connectivity index (χ3v) is 1.96. The van der Waals surface area contributed by atoms with Gasteiger partial charge in [-0.2, -0.15) is 0 Å². The molecule has 0 aliphatic carbocycles. The van der Waals surface area contributed by atoms with Crippen LogP contribution in [0.25, 0.3) is 0 Å². The third kappa shape index (κ3) is 4.30. The molecule has 0 saturated carbocycles. The fourth-order valence-electron chi connectivity index (χ4n) is 0.514. The summed E-state index contributed by atoms with van der Waals surface area (Å²) in [5, 5.41) is 9.00. The summed E-state index contributed by atoms with van der Waals surface area (Å²) in [6.07, 6.45) is -0.825. The van der Waals surface area contributed by atoms with Crippen LogP contribution in [-0.4, -0.2) is 25.5 Å². The molecule has 0 amide bonds. The van der Waals surface area contributed by atoms with Crippen molar-refractivity contribution >= 4 is 14.3 Å². The second kappa shape index (κ2) is 3.87. The molecule has 1 atom stereocenters. The highest BCUT2D eigenvalue weighted by Crippen LogP contribution is 2.08. The van der Waals surface area contributed by atoms with Gasteiger partial charge in [0.15, 0.2) is 0 Å². The second-order valence-corrected chi connectivity index (χ2v) is 8.13. The Balaban J connectivity index is 4.15. The molecular weight excluding hydrogens is 172 g/mol. The van der Waals surface area contributed by atoms with Crippen molar-refractivity contribution in [3.63, 3.8) is 0 Å². The number of carbonyl (C=O) groups excluding carboxylic acids is 1. The minimum Gasteiger partial charge on any atom is -0.517 e. The molecule has 0 bridgehead atoms. The number of rotatable bonds is 3. The standard InChI is InChI=1S/C8H16O3Si/c1-6(7(2)9)8(10)11-12(3,4)5/h7,9H,1H2,2-5H3. The van der Waals surface area contributed by atoms with Crippen LogP contribution < -0.4 is 0 Å². The van der Waals surface area contributed by atoms with Gasteiger partial charge in [0, 0.05) is 0 Å². The van der Waals surface area contributed by atoms with Crippen molar-refractivity contribution in [2.24, 2.45) is 0 Å². The molecule has 0 saturated heterocycles. The van der Waals surface area contributed by atoms with E-state index in [0.717, 1.165) is 0 Å². The van der Waals surface area contributed by atoms with Gasteiger partial charge >= 0.3 is 5.97 Å². The largest absolute Gasteiger partial charge is 0.517 e. The Hall–Kier alpha value is -0.613. The van der Waals surface area contributed by atoms with Crippen LogP contribution in [0.5, 0.6) is 0 Å². The number of carbonyl (C=O) groups is 1. The van der Waals surface area contributed by atoms with E-state index in [2.05, 4.69) is 6.58 Å². The van der Waals surface area contributed by atoms with E-state index in [1.807, 2.05) is 19.6 Å². The van der Waals surface area contributed by atoms with Crippen LogP contribution in [0.1, 0.15) is 6.92 Å². The SMILES string of the molecule is C=C(C(=O)O[Si](C)(C)C)C(C)O. The Morgan fingerprint density at radius 1 is 1.50 bits per heavy atom. The first-order chi connectivity index (χ1) is 5.24. The van der Waals surface area contributed by atoms with E-state index in [1.165, 1.54) is 6.92 Å². The lowest BCUT2D eigenvalue weighted by atomic mass is 10.2. The summed E-state index contributed by atoms with van der Waals surface area (Å²) < 4.78 is 5.10. The summed E-state index contributed by atoms with van der Waals surface area (Å²) in [6.45, 7) is 10.6. The summed E-state index contributed by atoms with van der Waals surface area (Å²) in [5.41, 5.74) is 0.123. The predicted molar refractivity (Wildman–Crippen MR) is 50.3 cm³/mol. The number of hydrogen-bond donors (Lipinski definition) is 1. The van der Waals surface area contributed by atoms with Gasteiger partial charge in [0.2, 0.25) is 8.32 Å². The van der Waals surface area contributed by atoms with Gasteiger partial charge in [-0.05, 0) is 26.6 Å². The number of hydrogen-bond acceptors (Lipinski definition) is 3. The van der Waals surface area contributed by atoms with Gasteiger partial charge in [0.05, 0.1) is 11.7 Å². The topological polar surface area (TPSA) is 46.5 Å². The van der Waals surface area contributed by atoms with E-state index in [9.17, 15) is 4.79 Å². The maximum Gasteiger partial charge on any atom is 0.322 e. The summed E-state index contributed by atoms with van der Waals surface area (Å²) in [4.78, 5) is 11.2. The highest BCUT2D eigenvalue weighted by atomic mass is 28.4. The Labute approximate surface area is 74.2 Å². The fraction of sp³-hybridized carbons (Fsp3) is 0.625. The first kappa shape index (κ1) is 11.4. The van der Waals surface area contributed by atoms with Crippen molar-refractivity contribution < 1.29 is 14.3 Å². The van der Waals surface area contributed by atoms with E-state index in [0.29, 0.717) is 0 Å². The maximum atomic E-state index is 11.2. The Morgan fingerprint density at radius 2 is 1.92 bits per heavy atom. The van der Waals surface area contributed by atoms with Gasteiger partial charge in [0.25, 0.3) is 0 Å². The molecule has 0 aliphatic heterocycles. The van der Waals surface area contributed by atoms with Crippen molar-refractivity contribution in [1.29, 1.82) is 0 Å². The predicted octanol–water partition coefficient (Wildman–Crippen LogP) is 1.30. The van der Waals surface area contributed by atoms with E-state index in [1.54, 1.807) is 0 Å². The van der Waals surface area contributed by atoms with Crippen LogP contribution in [0, 0.1) is 0 Å². The zero-order valence-electron chi connectivity index (χ0n) is 8.05. The first-order valence-electron chi connectivity index (χ1n) is 3.84. The third-order valence-electron chi connectivity index (χ3n) is 1.17. The molecular formula is C8H16O3Si. The van der Waals surface area contributed by atoms with Crippen LogP contribution in [0.2, 0.25) is 19.6 Å². The molecule has 3 nitrogen and oxygen atoms in total. The second-order valence-electron chi connectivity index (χ2n) is 3.70. The summed E-state index contributed by atoms with van der Waals surface area (Å²) in [6, 6.07) is 0. The monoisotopic (exact) mass is 188 g/mol. The Bertz CT molecular complexity index is 191. The zero-order valence-corrected chi connectivity index (χ0v) is 9.05. The molecule has 0 aromatic carbocycles. The maximum absolute atomic E-state index is 11.2. The van der Waals surface area contributed by atoms with E-state index in [4.69, 9.17) is 9.53 Å². The molecule has 4 heteroatoms. The van der Waals surface area contributed by atoms with Gasteiger partial charge in [-0.25, -0.2) is 4.79 Å². The van der Waals surface area contributed by atoms with Crippen molar-refractivity contribution in [3.05, 3.63) is 12.2 Å². The lowest BCUT2D eigenvalue weighted by Gasteiger charge is -2.18. The molecule has 12 heavy (non-hydrogen) atoms. The van der Waals surface area contributed by atoms with Crippen LogP contribution >= 0.6 is 0 Å². The summed E-state index contributed by atoms with van der Waals surface area (Å²) >= 11 is 0. The minimum atomic E-state index is -1.85. The molecule has 0 rings (SSSR count). The molecule has 0 heterocycles. The van der Waals surface area contributed by atoms with Crippen molar-refractivity contribution in [3.8, 4) is 0 Å². The molecule has 1 N–H and O–H groups in total. The normalized spacial score (nSPS) is 13.8. The average Bonchev–Trinajstić information content (AvgIpc) is 1.82. The van der Waals surface area contributed by atoms with Crippen LogP contribution in [0.15, 0.2) is 12.2 Å². The molecule has 0 radical (unpaired) electrons. The lowest BCUT2D eigenvalue weighted by Crippen LogP contribution is -2.31. The molecule has 1 unspecified atom stereocenters. The van der Waals surface area contributed by atoms with E-state index < -0.39 is 20.4 Å². The number of aliphatic hydroxyl groups is 1. The van der Waals surface area contributed by atoms with Gasteiger partial charge in [-0.1, -0.05) is 6.58 Å². The van der Waals surface area contributed by atoms with Crippen molar-refractivity contribution in [1.82, 2.24) is 0 Å². The summed E-state index contributed by atoms with van der Waals surface area (Å²) in [7, 11) is -1.85. The van der Waals surface area contributed by atoms with Crippen LogP contribution in [0.4, 0.5) is 0 Å². The van der Waals surface area contributed by atoms with Crippen LogP contribution in [-0.2, 0) is 9.22 Å². The summed E-state index contributed by atoms with van der Waals surface area (Å²) in [5.74, 6) is -0.482. The van der Waals surface area contributed by atoms with E-state index >= 15 is 0 Å². The van der Waals surface area contributed by atoms with Crippen molar-refractivity contribution in [2.45, 2.75) is 32.7 Å². The van der Waals surface area contributed by atoms with Crippen molar-refractivity contribution in [2.75, 3.05) is 0 Å². The van der Waals surface area contributed by atoms with E-state index in [-0.39, 0.29) is 5.57 Å². The molecule has 0 aliphatic rings. The zero-order chi connectivity index (χ0) is 9.94. The smallest absolute Gasteiger partial charge is 0.322 e. The minimum absolute atomic E-state index is 0.123. The number of aliphatic hydroxyl groups excluding tert-OH is 1. The fourth-order valence-corrected chi connectivity index (χ4v) is 1.20. The van der Waals surface area contributed by atoms with Gasteiger partial charge in [0.1, 0.15) is 0 Å². The Morgan fingerprint density at radius 3 is 2.17 bits per heavy atom. The average molecular weight is 188 g/mol. The molecule has 0 aromatic heterocycles.